The van der Waals surface area contributed by atoms with Crippen LogP contribution in [0.4, 0.5) is 11.5 Å². The fourth-order valence-electron chi connectivity index (χ4n) is 1.92. The predicted octanol–water partition coefficient (Wildman–Crippen LogP) is 3.34. The maximum absolute atomic E-state index is 11.3. The van der Waals surface area contributed by atoms with Crippen LogP contribution in [0.25, 0.3) is 0 Å². The number of ether oxygens (including phenoxy) is 1. The van der Waals surface area contributed by atoms with Gasteiger partial charge in [0.2, 0.25) is 5.82 Å². The Morgan fingerprint density at radius 2 is 1.95 bits per heavy atom. The topological polar surface area (TPSA) is 90.2 Å². The Labute approximate surface area is 125 Å². The second-order valence-electron chi connectivity index (χ2n) is 4.72. The molecule has 1 rings (SSSR count). The van der Waals surface area contributed by atoms with E-state index in [1.165, 1.54) is 0 Å². The van der Waals surface area contributed by atoms with E-state index >= 15 is 0 Å². The number of nitrogens with zero attached hydrogens (tertiary/aromatic N) is 3. The molecule has 1 aromatic heterocycles. The van der Waals surface area contributed by atoms with E-state index in [1.54, 1.807) is 6.92 Å². The van der Waals surface area contributed by atoms with Crippen molar-refractivity contribution in [1.29, 1.82) is 0 Å². The molecule has 0 aliphatic heterocycles. The molecule has 21 heavy (non-hydrogen) atoms. The zero-order valence-electron chi connectivity index (χ0n) is 13.0. The molecule has 0 atom stereocenters. The zero-order valence-corrected chi connectivity index (χ0v) is 13.0. The van der Waals surface area contributed by atoms with Gasteiger partial charge < -0.3 is 10.1 Å². The molecule has 0 saturated heterocycles. The largest absolute Gasteiger partial charge is 0.473 e. The van der Waals surface area contributed by atoms with Crippen LogP contribution in [0.1, 0.15) is 52.3 Å². The minimum atomic E-state index is -0.483. The first-order chi connectivity index (χ1) is 10.1. The maximum atomic E-state index is 11.3. The fraction of sp³-hybridized carbons (Fsp3) is 0.714. The van der Waals surface area contributed by atoms with Crippen molar-refractivity contribution < 1.29 is 9.66 Å². The highest BCUT2D eigenvalue weighted by Crippen LogP contribution is 2.32. The monoisotopic (exact) mass is 296 g/mol. The van der Waals surface area contributed by atoms with E-state index in [4.69, 9.17) is 4.74 Å². The third-order valence-electron chi connectivity index (χ3n) is 2.91. The summed E-state index contributed by atoms with van der Waals surface area (Å²) in [6, 6.07) is 0. The van der Waals surface area contributed by atoms with E-state index in [9.17, 15) is 10.1 Å². The van der Waals surface area contributed by atoms with Crippen molar-refractivity contribution in [1.82, 2.24) is 9.97 Å². The molecule has 0 radical (unpaired) electrons. The van der Waals surface area contributed by atoms with E-state index in [0.29, 0.717) is 25.4 Å². The Balaban J connectivity index is 3.06. The molecule has 0 aromatic carbocycles. The second kappa shape index (κ2) is 9.10. The number of hydrogen-bond donors (Lipinski definition) is 1. The number of nitro groups is 1. The number of hydrogen-bond acceptors (Lipinski definition) is 6. The average Bonchev–Trinajstić information content (AvgIpc) is 2.44. The van der Waals surface area contributed by atoms with Crippen LogP contribution in [-0.4, -0.2) is 28.0 Å². The highest BCUT2D eigenvalue weighted by atomic mass is 16.6. The summed E-state index contributed by atoms with van der Waals surface area (Å²) < 4.78 is 5.32. The lowest BCUT2D eigenvalue weighted by Crippen LogP contribution is -2.11. The van der Waals surface area contributed by atoms with Gasteiger partial charge in [-0.2, -0.15) is 4.98 Å². The molecule has 0 amide bonds. The quantitative estimate of drug-likeness (QED) is 0.404. The number of aryl methyl sites for hydroxylation is 1. The standard InChI is InChI=1S/C14H24N4O3/c1-4-7-8-10-15-13-12(18(19)20)14(21-6-3)17-11(16-13)9-5-2/h4-10H2,1-3H3,(H,15,16,17). The predicted molar refractivity (Wildman–Crippen MR) is 81.9 cm³/mol. The van der Waals surface area contributed by atoms with Gasteiger partial charge in [-0.25, -0.2) is 4.98 Å². The van der Waals surface area contributed by atoms with Gasteiger partial charge in [0.1, 0.15) is 5.82 Å². The van der Waals surface area contributed by atoms with Crippen molar-refractivity contribution in [3.63, 3.8) is 0 Å². The molecule has 118 valence electrons. The normalized spacial score (nSPS) is 10.4. The number of unbranched alkanes of at least 4 members (excludes halogenated alkanes) is 2. The molecule has 0 aliphatic rings. The molecule has 7 nitrogen and oxygen atoms in total. The van der Waals surface area contributed by atoms with Crippen molar-refractivity contribution in [2.75, 3.05) is 18.5 Å². The van der Waals surface area contributed by atoms with Gasteiger partial charge in [-0.3, -0.25) is 10.1 Å². The molecule has 0 unspecified atom stereocenters. The molecule has 0 aliphatic carbocycles. The third kappa shape index (κ3) is 5.17. The highest BCUT2D eigenvalue weighted by molar-refractivity contribution is 5.61. The zero-order chi connectivity index (χ0) is 15.7. The van der Waals surface area contributed by atoms with E-state index in [1.807, 2.05) is 6.92 Å². The molecular weight excluding hydrogens is 272 g/mol. The molecule has 1 N–H and O–H groups in total. The van der Waals surface area contributed by atoms with Crippen LogP contribution in [0.5, 0.6) is 5.88 Å². The van der Waals surface area contributed by atoms with Gasteiger partial charge in [-0.15, -0.1) is 0 Å². The molecule has 7 heteroatoms. The van der Waals surface area contributed by atoms with Crippen LogP contribution in [-0.2, 0) is 6.42 Å². The summed E-state index contributed by atoms with van der Waals surface area (Å²) in [5.41, 5.74) is -0.173. The van der Waals surface area contributed by atoms with Crippen molar-refractivity contribution in [2.45, 2.75) is 52.9 Å². The lowest BCUT2D eigenvalue weighted by molar-refractivity contribution is -0.385. The summed E-state index contributed by atoms with van der Waals surface area (Å²) in [6.07, 6.45) is 4.66. The minimum Gasteiger partial charge on any atom is -0.473 e. The number of aromatic nitrogens is 2. The van der Waals surface area contributed by atoms with Gasteiger partial charge in [0.25, 0.3) is 5.88 Å². The summed E-state index contributed by atoms with van der Waals surface area (Å²) in [5.74, 6) is 0.890. The number of rotatable bonds is 10. The van der Waals surface area contributed by atoms with Crippen molar-refractivity contribution in [3.05, 3.63) is 15.9 Å². The minimum absolute atomic E-state index is 0.0546. The summed E-state index contributed by atoms with van der Waals surface area (Å²) in [5, 5.41) is 14.3. The number of nitrogens with one attached hydrogen (secondary N) is 1. The summed E-state index contributed by atoms with van der Waals surface area (Å²) in [4.78, 5) is 19.2. The van der Waals surface area contributed by atoms with Gasteiger partial charge in [-0.05, 0) is 19.8 Å². The second-order valence-corrected chi connectivity index (χ2v) is 4.72. The van der Waals surface area contributed by atoms with Gasteiger partial charge in [0.15, 0.2) is 0 Å². The average molecular weight is 296 g/mol. The van der Waals surface area contributed by atoms with Crippen LogP contribution < -0.4 is 10.1 Å². The molecule has 1 heterocycles. The first kappa shape index (κ1) is 17.1. The molecule has 0 bridgehead atoms. The molecule has 0 fully saturated rings. The third-order valence-corrected chi connectivity index (χ3v) is 2.91. The Morgan fingerprint density at radius 3 is 2.52 bits per heavy atom. The van der Waals surface area contributed by atoms with E-state index in [2.05, 4.69) is 22.2 Å². The summed E-state index contributed by atoms with van der Waals surface area (Å²) in [7, 11) is 0. The van der Waals surface area contributed by atoms with Gasteiger partial charge in [0, 0.05) is 13.0 Å². The SMILES string of the molecule is CCCCCNc1nc(CCC)nc(OCC)c1[N+](=O)[O-]. The number of anilines is 1. The van der Waals surface area contributed by atoms with Crippen molar-refractivity contribution in [3.8, 4) is 5.88 Å². The lowest BCUT2D eigenvalue weighted by atomic mass is 10.2. The van der Waals surface area contributed by atoms with E-state index < -0.39 is 4.92 Å². The molecule has 0 spiro atoms. The summed E-state index contributed by atoms with van der Waals surface area (Å²) in [6.45, 7) is 6.89. The Morgan fingerprint density at radius 1 is 1.19 bits per heavy atom. The Bertz CT molecular complexity index is 466. The lowest BCUT2D eigenvalue weighted by Gasteiger charge is -2.11. The molecule has 1 aromatic rings. The Hall–Kier alpha value is -1.92. The van der Waals surface area contributed by atoms with Crippen LogP contribution in [0.2, 0.25) is 0 Å². The van der Waals surface area contributed by atoms with Crippen molar-refractivity contribution >= 4 is 11.5 Å². The van der Waals surface area contributed by atoms with Crippen molar-refractivity contribution in [2.24, 2.45) is 0 Å². The van der Waals surface area contributed by atoms with Gasteiger partial charge >= 0.3 is 5.69 Å². The maximum Gasteiger partial charge on any atom is 0.372 e. The van der Waals surface area contributed by atoms with Crippen LogP contribution in [0.3, 0.4) is 0 Å². The van der Waals surface area contributed by atoms with E-state index in [0.717, 1.165) is 25.7 Å². The molecular formula is C14H24N4O3. The van der Waals surface area contributed by atoms with Crippen LogP contribution in [0, 0.1) is 10.1 Å². The van der Waals surface area contributed by atoms with Crippen LogP contribution >= 0.6 is 0 Å². The Kier molecular flexibility index (Phi) is 7.42. The van der Waals surface area contributed by atoms with Gasteiger partial charge in [0.05, 0.1) is 11.5 Å². The highest BCUT2D eigenvalue weighted by Gasteiger charge is 2.25. The first-order valence-corrected chi connectivity index (χ1v) is 7.55. The van der Waals surface area contributed by atoms with Gasteiger partial charge in [-0.1, -0.05) is 26.7 Å². The van der Waals surface area contributed by atoms with E-state index in [-0.39, 0.29) is 17.4 Å². The molecule has 0 saturated carbocycles. The smallest absolute Gasteiger partial charge is 0.372 e. The van der Waals surface area contributed by atoms with Crippen LogP contribution in [0.15, 0.2) is 0 Å². The summed E-state index contributed by atoms with van der Waals surface area (Å²) >= 11 is 0. The fourth-order valence-corrected chi connectivity index (χ4v) is 1.92. The first-order valence-electron chi connectivity index (χ1n) is 7.55.